The second-order valence-electron chi connectivity index (χ2n) is 7.58. The standard InChI is InChI=1S/C26H23N3O3S/c1-18-10-12-20(13-11-18)15-27-29(19(2)30)26-28-23(17-33-26)16-32-25(31)14-22-8-5-7-21-6-3-4-9-24(21)22/h3-13,15,17H,14,16H2,1-2H3. The molecule has 0 atom stereocenters. The molecule has 4 aromatic rings. The number of thiazole rings is 1. The van der Waals surface area contributed by atoms with Gasteiger partial charge in [0, 0.05) is 12.3 Å². The first-order valence-corrected chi connectivity index (χ1v) is 11.4. The van der Waals surface area contributed by atoms with Gasteiger partial charge >= 0.3 is 5.97 Å². The number of hydrogen-bond acceptors (Lipinski definition) is 6. The monoisotopic (exact) mass is 457 g/mol. The number of ether oxygens (including phenoxy) is 1. The second-order valence-corrected chi connectivity index (χ2v) is 8.42. The van der Waals surface area contributed by atoms with Crippen molar-refractivity contribution in [3.63, 3.8) is 0 Å². The molecule has 0 fully saturated rings. The van der Waals surface area contributed by atoms with Crippen LogP contribution in [0.3, 0.4) is 0 Å². The normalized spacial score (nSPS) is 11.1. The predicted octanol–water partition coefficient (Wildman–Crippen LogP) is 5.28. The summed E-state index contributed by atoms with van der Waals surface area (Å²) in [6.07, 6.45) is 1.80. The first-order chi connectivity index (χ1) is 16.0. The summed E-state index contributed by atoms with van der Waals surface area (Å²) in [4.78, 5) is 28.9. The van der Waals surface area contributed by atoms with Crippen LogP contribution in [0.4, 0.5) is 5.13 Å². The van der Waals surface area contributed by atoms with E-state index < -0.39 is 0 Å². The van der Waals surface area contributed by atoms with E-state index in [0.29, 0.717) is 10.8 Å². The number of aryl methyl sites for hydroxylation is 1. The molecule has 7 heteroatoms. The Morgan fingerprint density at radius 2 is 1.82 bits per heavy atom. The van der Waals surface area contributed by atoms with Crippen LogP contribution in [-0.2, 0) is 27.4 Å². The number of fused-ring (bicyclic) bond motifs is 1. The molecule has 0 unspecified atom stereocenters. The van der Waals surface area contributed by atoms with Crippen LogP contribution in [0.2, 0.25) is 0 Å². The van der Waals surface area contributed by atoms with Gasteiger partial charge in [-0.1, -0.05) is 72.3 Å². The van der Waals surface area contributed by atoms with Gasteiger partial charge in [-0.15, -0.1) is 11.3 Å². The van der Waals surface area contributed by atoms with E-state index in [4.69, 9.17) is 4.74 Å². The molecule has 0 aliphatic rings. The number of anilines is 1. The average Bonchev–Trinajstić information content (AvgIpc) is 3.28. The number of amides is 1. The molecule has 4 rings (SSSR count). The minimum Gasteiger partial charge on any atom is -0.459 e. The van der Waals surface area contributed by atoms with E-state index in [1.165, 1.54) is 23.3 Å². The van der Waals surface area contributed by atoms with Crippen LogP contribution >= 0.6 is 11.3 Å². The van der Waals surface area contributed by atoms with Crippen LogP contribution in [0.15, 0.2) is 77.2 Å². The quantitative estimate of drug-likeness (QED) is 0.215. The predicted molar refractivity (Wildman–Crippen MR) is 131 cm³/mol. The van der Waals surface area contributed by atoms with E-state index in [2.05, 4.69) is 10.1 Å². The summed E-state index contributed by atoms with van der Waals surface area (Å²) in [6.45, 7) is 3.47. The number of carbonyl (C=O) groups excluding carboxylic acids is 2. The number of esters is 1. The highest BCUT2D eigenvalue weighted by atomic mass is 32.1. The van der Waals surface area contributed by atoms with E-state index in [1.54, 1.807) is 11.6 Å². The number of carbonyl (C=O) groups is 2. The Labute approximate surface area is 196 Å². The molecular weight excluding hydrogens is 434 g/mol. The fourth-order valence-corrected chi connectivity index (χ4v) is 4.12. The van der Waals surface area contributed by atoms with Gasteiger partial charge in [-0.2, -0.15) is 10.1 Å². The lowest BCUT2D eigenvalue weighted by molar-refractivity contribution is -0.144. The third kappa shape index (κ3) is 5.70. The molecule has 1 amide bonds. The van der Waals surface area contributed by atoms with Crippen molar-refractivity contribution in [1.29, 1.82) is 0 Å². The molecule has 1 heterocycles. The number of hydrazone groups is 1. The van der Waals surface area contributed by atoms with Gasteiger partial charge in [0.1, 0.15) is 6.61 Å². The smallest absolute Gasteiger partial charge is 0.310 e. The van der Waals surface area contributed by atoms with Crippen molar-refractivity contribution < 1.29 is 14.3 Å². The molecule has 0 saturated carbocycles. The van der Waals surface area contributed by atoms with Crippen LogP contribution in [0.5, 0.6) is 0 Å². The number of rotatable bonds is 7. The topological polar surface area (TPSA) is 71.9 Å². The van der Waals surface area contributed by atoms with Crippen LogP contribution in [-0.4, -0.2) is 23.1 Å². The van der Waals surface area contributed by atoms with Crippen molar-refractivity contribution in [2.24, 2.45) is 5.10 Å². The van der Waals surface area contributed by atoms with Gasteiger partial charge in [0.25, 0.3) is 0 Å². The lowest BCUT2D eigenvalue weighted by Crippen LogP contribution is -2.22. The molecule has 1 aromatic heterocycles. The largest absolute Gasteiger partial charge is 0.459 e. The summed E-state index contributed by atoms with van der Waals surface area (Å²) in [7, 11) is 0. The van der Waals surface area contributed by atoms with E-state index >= 15 is 0 Å². The van der Waals surface area contributed by atoms with Crippen LogP contribution in [0.1, 0.15) is 29.3 Å². The molecule has 33 heavy (non-hydrogen) atoms. The zero-order valence-corrected chi connectivity index (χ0v) is 19.2. The third-order valence-corrected chi connectivity index (χ3v) is 5.88. The van der Waals surface area contributed by atoms with Gasteiger partial charge < -0.3 is 4.74 Å². The highest BCUT2D eigenvalue weighted by Gasteiger charge is 2.16. The highest BCUT2D eigenvalue weighted by molar-refractivity contribution is 7.14. The van der Waals surface area contributed by atoms with Gasteiger partial charge in [0.15, 0.2) is 0 Å². The Morgan fingerprint density at radius 1 is 1.06 bits per heavy atom. The molecule has 0 bridgehead atoms. The van der Waals surface area contributed by atoms with Crippen molar-refractivity contribution >= 4 is 45.3 Å². The Morgan fingerprint density at radius 3 is 2.61 bits per heavy atom. The molecule has 0 N–H and O–H groups in total. The number of benzene rings is 3. The van der Waals surface area contributed by atoms with Gasteiger partial charge in [-0.05, 0) is 28.8 Å². The fraction of sp³-hybridized carbons (Fsp3) is 0.154. The summed E-state index contributed by atoms with van der Waals surface area (Å²) in [5.41, 5.74) is 3.52. The first-order valence-electron chi connectivity index (χ1n) is 10.5. The lowest BCUT2D eigenvalue weighted by Gasteiger charge is -2.10. The second kappa shape index (κ2) is 10.2. The molecule has 0 aliphatic heterocycles. The van der Waals surface area contributed by atoms with Gasteiger partial charge in [-0.3, -0.25) is 9.59 Å². The van der Waals surface area contributed by atoms with E-state index in [1.807, 2.05) is 73.7 Å². The molecule has 0 aliphatic carbocycles. The maximum atomic E-state index is 12.4. The Kier molecular flexibility index (Phi) is 6.90. The third-order valence-electron chi connectivity index (χ3n) is 5.01. The summed E-state index contributed by atoms with van der Waals surface area (Å²) < 4.78 is 5.44. The molecule has 3 aromatic carbocycles. The molecule has 0 spiro atoms. The minimum atomic E-state index is -0.332. The van der Waals surface area contributed by atoms with Crippen molar-refractivity contribution in [3.8, 4) is 0 Å². The Bertz CT molecular complexity index is 1310. The molecule has 166 valence electrons. The van der Waals surface area contributed by atoms with E-state index in [9.17, 15) is 9.59 Å². The molecular formula is C26H23N3O3S. The number of nitrogens with zero attached hydrogens (tertiary/aromatic N) is 3. The van der Waals surface area contributed by atoms with Gasteiger partial charge in [-0.25, -0.2) is 4.98 Å². The zero-order valence-electron chi connectivity index (χ0n) is 18.4. The summed E-state index contributed by atoms with van der Waals surface area (Å²) in [6, 6.07) is 21.6. The average molecular weight is 458 g/mol. The molecule has 6 nitrogen and oxygen atoms in total. The fourth-order valence-electron chi connectivity index (χ4n) is 3.31. The summed E-state index contributed by atoms with van der Waals surface area (Å²) >= 11 is 1.27. The van der Waals surface area contributed by atoms with Crippen LogP contribution < -0.4 is 5.01 Å². The van der Waals surface area contributed by atoms with E-state index in [-0.39, 0.29) is 24.9 Å². The minimum absolute atomic E-state index is 0.0352. The Balaban J connectivity index is 1.39. The maximum absolute atomic E-state index is 12.4. The molecule has 0 saturated heterocycles. The molecule has 0 radical (unpaired) electrons. The Hall–Kier alpha value is -3.84. The first kappa shape index (κ1) is 22.4. The van der Waals surface area contributed by atoms with Crippen molar-refractivity contribution in [2.75, 3.05) is 5.01 Å². The van der Waals surface area contributed by atoms with Crippen LogP contribution in [0.25, 0.3) is 10.8 Å². The van der Waals surface area contributed by atoms with Gasteiger partial charge in [0.05, 0.1) is 18.3 Å². The summed E-state index contributed by atoms with van der Waals surface area (Å²) in [5.74, 6) is -0.589. The van der Waals surface area contributed by atoms with Crippen molar-refractivity contribution in [2.45, 2.75) is 26.9 Å². The maximum Gasteiger partial charge on any atom is 0.310 e. The van der Waals surface area contributed by atoms with Gasteiger partial charge in [0.2, 0.25) is 11.0 Å². The van der Waals surface area contributed by atoms with Crippen molar-refractivity contribution in [1.82, 2.24) is 4.98 Å². The van der Waals surface area contributed by atoms with E-state index in [0.717, 1.165) is 27.5 Å². The SMILES string of the molecule is CC(=O)N(N=Cc1ccc(C)cc1)c1nc(COC(=O)Cc2cccc3ccccc23)cs1. The zero-order chi connectivity index (χ0) is 23.2. The number of hydrogen-bond donors (Lipinski definition) is 0. The van der Waals surface area contributed by atoms with Crippen molar-refractivity contribution in [3.05, 3.63) is 94.5 Å². The lowest BCUT2D eigenvalue weighted by atomic mass is 10.0. The highest BCUT2D eigenvalue weighted by Crippen LogP contribution is 2.23. The summed E-state index contributed by atoms with van der Waals surface area (Å²) in [5, 5.41) is 9.84. The van der Waals surface area contributed by atoms with Crippen LogP contribution in [0, 0.1) is 6.92 Å². The number of aromatic nitrogens is 1.